The third-order valence-corrected chi connectivity index (χ3v) is 4.73. The second kappa shape index (κ2) is 5.21. The molecule has 26 heavy (non-hydrogen) atoms. The van der Waals surface area contributed by atoms with E-state index in [4.69, 9.17) is 0 Å². The number of hydrogen-bond donors (Lipinski definition) is 0. The minimum Gasteiger partial charge on any atom is -0.194 e. The van der Waals surface area contributed by atoms with Crippen molar-refractivity contribution in [3.63, 3.8) is 0 Å². The summed E-state index contributed by atoms with van der Waals surface area (Å²) in [7, 11) is -10.1. The molecule has 0 radical (unpaired) electrons. The summed E-state index contributed by atoms with van der Waals surface area (Å²) in [6, 6.07) is 2.80. The van der Waals surface area contributed by atoms with Crippen LogP contribution >= 0.6 is 10.2 Å². The van der Waals surface area contributed by atoms with Crippen molar-refractivity contribution >= 4 is 16.3 Å². The van der Waals surface area contributed by atoms with E-state index in [1.165, 1.54) is 6.08 Å². The Balaban J connectivity index is 2.47. The fraction of sp³-hybridized carbons (Fsp3) is 0.125. The molecule has 0 nitrogen and oxygen atoms in total. The molecule has 0 spiro atoms. The lowest BCUT2D eigenvalue weighted by molar-refractivity contribution is -0.223. The van der Waals surface area contributed by atoms with Gasteiger partial charge in [-0.15, -0.1) is 0 Å². The van der Waals surface area contributed by atoms with Crippen LogP contribution in [0.5, 0.6) is 0 Å². The van der Waals surface area contributed by atoms with Gasteiger partial charge in [0.05, 0.1) is 0 Å². The van der Waals surface area contributed by atoms with Crippen LogP contribution < -0.4 is 0 Å². The Hall–Kier alpha value is -2.10. The zero-order valence-electron chi connectivity index (χ0n) is 12.7. The van der Waals surface area contributed by atoms with Crippen molar-refractivity contribution in [1.29, 1.82) is 0 Å². The first-order valence-corrected chi connectivity index (χ1v) is 8.77. The van der Waals surface area contributed by atoms with E-state index in [1.54, 1.807) is 0 Å². The summed E-state index contributed by atoms with van der Waals surface area (Å²) in [5, 5.41) is 0. The minimum atomic E-state index is -10.1. The quantitative estimate of drug-likeness (QED) is 0.443. The van der Waals surface area contributed by atoms with Crippen LogP contribution in [0.25, 0.3) is 6.08 Å². The normalized spacial score (nSPS) is 15.9. The van der Waals surface area contributed by atoms with Gasteiger partial charge in [-0.1, -0.05) is 68.5 Å². The van der Waals surface area contributed by atoms with Crippen molar-refractivity contribution in [3.8, 4) is 0 Å². The molecule has 0 fully saturated rings. The molecule has 0 N–H and O–H groups in total. The molecule has 0 aliphatic heterocycles. The highest BCUT2D eigenvalue weighted by Crippen LogP contribution is 3.02. The SMILES string of the molecule is C=Cc1ccc(C(F)(F)C(F)(F)c2ccc(S(F)(F)(F)(F)F)cc2)cc1. The highest BCUT2D eigenvalue weighted by atomic mass is 32.5. The standard InChI is InChI=1S/C16H11F9S/c1-2-11-3-5-12(6-4-11)15(17,18)16(19,20)13-7-9-14(10-8-13)26(21,22,23,24)25/h2-10H,1H2. The number of rotatable bonds is 5. The molecule has 144 valence electrons. The number of benzene rings is 2. The van der Waals surface area contributed by atoms with Gasteiger partial charge in [0.25, 0.3) is 0 Å². The topological polar surface area (TPSA) is 0 Å². The van der Waals surface area contributed by atoms with Gasteiger partial charge in [0.2, 0.25) is 0 Å². The molecule has 0 saturated heterocycles. The van der Waals surface area contributed by atoms with Crippen LogP contribution in [0.2, 0.25) is 0 Å². The van der Waals surface area contributed by atoms with Crippen molar-refractivity contribution in [1.82, 2.24) is 0 Å². The van der Waals surface area contributed by atoms with Crippen LogP contribution in [-0.4, -0.2) is 0 Å². The molecule has 0 bridgehead atoms. The molecular formula is C16H11F9S. The largest absolute Gasteiger partial charge is 0.339 e. The van der Waals surface area contributed by atoms with Crippen molar-refractivity contribution in [2.24, 2.45) is 0 Å². The van der Waals surface area contributed by atoms with Gasteiger partial charge < -0.3 is 0 Å². The zero-order valence-corrected chi connectivity index (χ0v) is 13.5. The van der Waals surface area contributed by atoms with E-state index in [1.807, 2.05) is 0 Å². The fourth-order valence-electron chi connectivity index (χ4n) is 2.11. The van der Waals surface area contributed by atoms with Crippen LogP contribution in [0.1, 0.15) is 16.7 Å². The third-order valence-electron chi connectivity index (χ3n) is 3.57. The van der Waals surface area contributed by atoms with E-state index in [0.717, 1.165) is 12.1 Å². The minimum absolute atomic E-state index is 0.0841. The summed E-state index contributed by atoms with van der Waals surface area (Å²) in [4.78, 5) is -2.44. The number of halogens is 9. The van der Waals surface area contributed by atoms with E-state index in [2.05, 4.69) is 6.58 Å². The molecular weight excluding hydrogens is 395 g/mol. The van der Waals surface area contributed by atoms with Crippen LogP contribution in [0, 0.1) is 0 Å². The Morgan fingerprint density at radius 3 is 1.31 bits per heavy atom. The lowest BCUT2D eigenvalue weighted by Gasteiger charge is -2.40. The van der Waals surface area contributed by atoms with E-state index < -0.39 is 38.1 Å². The Bertz CT molecular complexity index is 819. The van der Waals surface area contributed by atoms with Crippen molar-refractivity contribution in [2.45, 2.75) is 16.7 Å². The first-order chi connectivity index (χ1) is 11.5. The van der Waals surface area contributed by atoms with E-state index in [-0.39, 0.29) is 24.3 Å². The maximum absolute atomic E-state index is 14.2. The molecule has 0 atom stereocenters. The molecule has 0 saturated carbocycles. The number of hydrogen-bond acceptors (Lipinski definition) is 0. The van der Waals surface area contributed by atoms with Crippen molar-refractivity contribution in [2.75, 3.05) is 0 Å². The Morgan fingerprint density at radius 1 is 0.654 bits per heavy atom. The van der Waals surface area contributed by atoms with Gasteiger partial charge in [-0.3, -0.25) is 0 Å². The Labute approximate surface area is 142 Å². The second-order valence-corrected chi connectivity index (χ2v) is 7.88. The van der Waals surface area contributed by atoms with E-state index in [9.17, 15) is 37.0 Å². The molecule has 10 heteroatoms. The first kappa shape index (κ1) is 20.2. The Morgan fingerprint density at radius 2 is 1.00 bits per heavy atom. The van der Waals surface area contributed by atoms with Gasteiger partial charge in [0.15, 0.2) is 0 Å². The molecule has 0 unspecified atom stereocenters. The molecule has 0 heterocycles. The summed E-state index contributed by atoms with van der Waals surface area (Å²) >= 11 is 0. The molecule has 0 aliphatic rings. The lowest BCUT2D eigenvalue weighted by Crippen LogP contribution is -2.35. The molecule has 2 aromatic carbocycles. The summed E-state index contributed by atoms with van der Waals surface area (Å²) in [6.45, 7) is 3.37. The highest BCUT2D eigenvalue weighted by molar-refractivity contribution is 8.45. The second-order valence-electron chi connectivity index (χ2n) is 5.47. The van der Waals surface area contributed by atoms with Crippen LogP contribution in [-0.2, 0) is 11.8 Å². The summed E-state index contributed by atoms with van der Waals surface area (Å²) in [5.41, 5.74) is -2.24. The molecule has 2 rings (SSSR count). The average molecular weight is 406 g/mol. The first-order valence-electron chi connectivity index (χ1n) is 6.82. The molecule has 0 aliphatic carbocycles. The van der Waals surface area contributed by atoms with Crippen LogP contribution in [0.15, 0.2) is 60.0 Å². The third kappa shape index (κ3) is 3.69. The average Bonchev–Trinajstić information content (AvgIpc) is 2.52. The van der Waals surface area contributed by atoms with Crippen LogP contribution in [0.4, 0.5) is 37.0 Å². The van der Waals surface area contributed by atoms with Gasteiger partial charge in [-0.05, 0) is 17.7 Å². The predicted octanol–water partition coefficient (Wildman–Crippen LogP) is 7.87. The van der Waals surface area contributed by atoms with Gasteiger partial charge in [0, 0.05) is 11.1 Å². The maximum atomic E-state index is 14.2. The number of alkyl halides is 4. The van der Waals surface area contributed by atoms with Gasteiger partial charge in [-0.2, -0.15) is 17.6 Å². The van der Waals surface area contributed by atoms with Crippen LogP contribution in [0.3, 0.4) is 0 Å². The van der Waals surface area contributed by atoms with Crippen molar-refractivity contribution < 1.29 is 37.0 Å². The monoisotopic (exact) mass is 406 g/mol. The predicted molar refractivity (Wildman–Crippen MR) is 82.2 cm³/mol. The van der Waals surface area contributed by atoms with Gasteiger partial charge in [-0.25, -0.2) is 0 Å². The van der Waals surface area contributed by atoms with Gasteiger partial charge in [0.1, 0.15) is 4.90 Å². The smallest absolute Gasteiger partial charge is 0.194 e. The Kier molecular flexibility index (Phi) is 4.05. The van der Waals surface area contributed by atoms with Gasteiger partial charge >= 0.3 is 22.1 Å². The van der Waals surface area contributed by atoms with Crippen molar-refractivity contribution in [3.05, 3.63) is 71.8 Å². The zero-order chi connectivity index (χ0) is 20.1. The summed E-state index contributed by atoms with van der Waals surface area (Å²) < 4.78 is 120. The maximum Gasteiger partial charge on any atom is 0.339 e. The van der Waals surface area contributed by atoms with E-state index in [0.29, 0.717) is 17.7 Å². The highest BCUT2D eigenvalue weighted by Gasteiger charge is 2.65. The summed E-state index contributed by atoms with van der Waals surface area (Å²) in [5.74, 6) is -9.72. The molecule has 0 amide bonds. The fourth-order valence-corrected chi connectivity index (χ4v) is 2.76. The summed E-state index contributed by atoms with van der Waals surface area (Å²) in [6.07, 6.45) is 1.29. The molecule has 0 aromatic heterocycles. The lowest BCUT2D eigenvalue weighted by atomic mass is 9.95. The van der Waals surface area contributed by atoms with E-state index >= 15 is 0 Å². The molecule has 2 aromatic rings.